The van der Waals surface area contributed by atoms with Crippen LogP contribution in [-0.2, 0) is 0 Å². The quantitative estimate of drug-likeness (QED) is 0.868. The molecule has 98 valence electrons. The highest BCUT2D eigenvalue weighted by Crippen LogP contribution is 2.27. The molecule has 0 spiro atoms. The summed E-state index contributed by atoms with van der Waals surface area (Å²) < 4.78 is 0. The van der Waals surface area contributed by atoms with Gasteiger partial charge in [0.15, 0.2) is 0 Å². The molecule has 0 bridgehead atoms. The summed E-state index contributed by atoms with van der Waals surface area (Å²) in [6, 6.07) is 2.81. The fourth-order valence-corrected chi connectivity index (χ4v) is 3.16. The Balaban J connectivity index is 1.79. The Labute approximate surface area is 110 Å². The fourth-order valence-electron chi connectivity index (χ4n) is 3.16. The van der Waals surface area contributed by atoms with Crippen molar-refractivity contribution in [3.8, 4) is 0 Å². The van der Waals surface area contributed by atoms with Gasteiger partial charge in [-0.05, 0) is 62.8 Å². The Kier molecular flexibility index (Phi) is 3.50. The van der Waals surface area contributed by atoms with Gasteiger partial charge >= 0.3 is 0 Å². The molecule has 2 fully saturated rings. The molecule has 1 aromatic rings. The minimum atomic E-state index is 0.535. The van der Waals surface area contributed by atoms with Gasteiger partial charge in [0.2, 0.25) is 0 Å². The van der Waals surface area contributed by atoms with Gasteiger partial charge in [-0.3, -0.25) is 0 Å². The molecule has 0 aliphatic carbocycles. The molecule has 18 heavy (non-hydrogen) atoms. The van der Waals surface area contributed by atoms with Crippen LogP contribution in [0.3, 0.4) is 0 Å². The highest BCUT2D eigenvalue weighted by molar-refractivity contribution is 5.44. The van der Waals surface area contributed by atoms with E-state index in [9.17, 15) is 0 Å². The molecule has 0 radical (unpaired) electrons. The van der Waals surface area contributed by atoms with Crippen LogP contribution in [-0.4, -0.2) is 24.6 Å². The first kappa shape index (κ1) is 12.0. The smallest absolute Gasteiger partial charge is 0.128 e. The van der Waals surface area contributed by atoms with Gasteiger partial charge in [-0.2, -0.15) is 0 Å². The van der Waals surface area contributed by atoms with Crippen LogP contribution in [0, 0.1) is 6.92 Å². The molecule has 0 aromatic carbocycles. The number of pyridine rings is 1. The van der Waals surface area contributed by atoms with Crippen LogP contribution >= 0.6 is 0 Å². The number of hydrogen-bond donors (Lipinski definition) is 1. The number of nitrogens with zero attached hydrogens (tertiary/aromatic N) is 2. The molecule has 3 rings (SSSR count). The van der Waals surface area contributed by atoms with E-state index >= 15 is 0 Å². The summed E-state index contributed by atoms with van der Waals surface area (Å²) in [5, 5.41) is 3.56. The van der Waals surface area contributed by atoms with Crippen LogP contribution in [0.4, 0.5) is 5.82 Å². The SMILES string of the molecule is Cc1cc(N2CCCCC2)ncc1[C@H]1CCCN1. The third-order valence-corrected chi connectivity index (χ3v) is 4.25. The number of aromatic nitrogens is 1. The van der Waals surface area contributed by atoms with Crippen molar-refractivity contribution in [2.45, 2.75) is 45.1 Å². The maximum absolute atomic E-state index is 4.69. The Hall–Kier alpha value is -1.09. The molecule has 3 heteroatoms. The van der Waals surface area contributed by atoms with E-state index in [1.165, 1.54) is 62.1 Å². The molecule has 1 aromatic heterocycles. The predicted octanol–water partition coefficient (Wildman–Crippen LogP) is 2.80. The van der Waals surface area contributed by atoms with E-state index in [2.05, 4.69) is 29.4 Å². The van der Waals surface area contributed by atoms with Crippen molar-refractivity contribution >= 4 is 5.82 Å². The van der Waals surface area contributed by atoms with Crippen LogP contribution in [0.15, 0.2) is 12.3 Å². The zero-order valence-corrected chi connectivity index (χ0v) is 11.3. The highest BCUT2D eigenvalue weighted by atomic mass is 15.2. The molecule has 0 unspecified atom stereocenters. The molecule has 0 saturated carbocycles. The zero-order chi connectivity index (χ0) is 12.4. The monoisotopic (exact) mass is 245 g/mol. The average Bonchev–Trinajstić information content (AvgIpc) is 2.93. The van der Waals surface area contributed by atoms with E-state index in [4.69, 9.17) is 4.98 Å². The summed E-state index contributed by atoms with van der Waals surface area (Å²) in [7, 11) is 0. The Morgan fingerprint density at radius 2 is 2.06 bits per heavy atom. The van der Waals surface area contributed by atoms with Crippen molar-refractivity contribution in [2.75, 3.05) is 24.5 Å². The largest absolute Gasteiger partial charge is 0.357 e. The van der Waals surface area contributed by atoms with Crippen LogP contribution in [0.1, 0.15) is 49.3 Å². The van der Waals surface area contributed by atoms with Gasteiger partial charge in [0.05, 0.1) is 0 Å². The fraction of sp³-hybridized carbons (Fsp3) is 0.667. The van der Waals surface area contributed by atoms with E-state index in [0.29, 0.717) is 6.04 Å². The molecule has 2 aliphatic heterocycles. The third-order valence-electron chi connectivity index (χ3n) is 4.25. The lowest BCUT2D eigenvalue weighted by Gasteiger charge is -2.28. The average molecular weight is 245 g/mol. The maximum Gasteiger partial charge on any atom is 0.128 e. The Morgan fingerprint density at radius 1 is 1.22 bits per heavy atom. The summed E-state index contributed by atoms with van der Waals surface area (Å²) in [6.45, 7) is 5.73. The summed E-state index contributed by atoms with van der Waals surface area (Å²) in [5.41, 5.74) is 2.79. The number of piperidine rings is 1. The van der Waals surface area contributed by atoms with Gasteiger partial charge in [-0.25, -0.2) is 4.98 Å². The molecular weight excluding hydrogens is 222 g/mol. The number of nitrogens with one attached hydrogen (secondary N) is 1. The Bertz CT molecular complexity index is 404. The minimum absolute atomic E-state index is 0.535. The van der Waals surface area contributed by atoms with Gasteiger partial charge < -0.3 is 10.2 Å². The molecule has 3 heterocycles. The molecule has 1 atom stereocenters. The van der Waals surface area contributed by atoms with Gasteiger partial charge in [0.25, 0.3) is 0 Å². The van der Waals surface area contributed by atoms with Crippen molar-refractivity contribution in [3.05, 3.63) is 23.4 Å². The van der Waals surface area contributed by atoms with Gasteiger partial charge in [0.1, 0.15) is 5.82 Å². The summed E-state index contributed by atoms with van der Waals surface area (Å²) >= 11 is 0. The van der Waals surface area contributed by atoms with Crippen molar-refractivity contribution in [1.82, 2.24) is 10.3 Å². The van der Waals surface area contributed by atoms with Gasteiger partial charge in [-0.1, -0.05) is 0 Å². The summed E-state index contributed by atoms with van der Waals surface area (Å²) in [4.78, 5) is 7.13. The van der Waals surface area contributed by atoms with Gasteiger partial charge in [0, 0.05) is 25.3 Å². The van der Waals surface area contributed by atoms with E-state index in [0.717, 1.165) is 6.54 Å². The number of aryl methyl sites for hydroxylation is 1. The van der Waals surface area contributed by atoms with Crippen LogP contribution in [0.2, 0.25) is 0 Å². The van der Waals surface area contributed by atoms with Crippen LogP contribution < -0.4 is 10.2 Å². The molecular formula is C15H23N3. The van der Waals surface area contributed by atoms with Crippen molar-refractivity contribution in [3.63, 3.8) is 0 Å². The second-order valence-corrected chi connectivity index (χ2v) is 5.60. The number of anilines is 1. The van der Waals surface area contributed by atoms with E-state index in [1.54, 1.807) is 0 Å². The van der Waals surface area contributed by atoms with Crippen LogP contribution in [0.25, 0.3) is 0 Å². The zero-order valence-electron chi connectivity index (χ0n) is 11.3. The Morgan fingerprint density at radius 3 is 2.72 bits per heavy atom. The summed E-state index contributed by atoms with van der Waals surface area (Å²) in [6.07, 6.45) is 8.64. The maximum atomic E-state index is 4.69. The first-order chi connectivity index (χ1) is 8.84. The molecule has 3 nitrogen and oxygen atoms in total. The molecule has 1 N–H and O–H groups in total. The predicted molar refractivity (Wildman–Crippen MR) is 75.0 cm³/mol. The number of hydrogen-bond acceptors (Lipinski definition) is 3. The highest BCUT2D eigenvalue weighted by Gasteiger charge is 2.19. The van der Waals surface area contributed by atoms with Crippen molar-refractivity contribution in [2.24, 2.45) is 0 Å². The topological polar surface area (TPSA) is 28.2 Å². The van der Waals surface area contributed by atoms with E-state index < -0.39 is 0 Å². The molecule has 2 saturated heterocycles. The standard InChI is InChI=1S/C15H23N3/c1-12-10-15(18-8-3-2-4-9-18)17-11-13(12)14-6-5-7-16-14/h10-11,14,16H,2-9H2,1H3/t14-/m1/s1. The molecule has 2 aliphatic rings. The summed E-state index contributed by atoms with van der Waals surface area (Å²) in [5.74, 6) is 1.17. The first-order valence-corrected chi connectivity index (χ1v) is 7.29. The van der Waals surface area contributed by atoms with E-state index in [1.807, 2.05) is 0 Å². The van der Waals surface area contributed by atoms with E-state index in [-0.39, 0.29) is 0 Å². The lowest BCUT2D eigenvalue weighted by atomic mass is 10.0. The van der Waals surface area contributed by atoms with Crippen molar-refractivity contribution in [1.29, 1.82) is 0 Å². The molecule has 0 amide bonds. The lowest BCUT2D eigenvalue weighted by molar-refractivity contribution is 0.572. The minimum Gasteiger partial charge on any atom is -0.357 e. The second kappa shape index (κ2) is 5.27. The van der Waals surface area contributed by atoms with Gasteiger partial charge in [-0.15, -0.1) is 0 Å². The number of rotatable bonds is 2. The lowest BCUT2D eigenvalue weighted by Crippen LogP contribution is -2.30. The van der Waals surface area contributed by atoms with Crippen molar-refractivity contribution < 1.29 is 0 Å². The normalized spacial score (nSPS) is 24.5. The second-order valence-electron chi connectivity index (χ2n) is 5.60. The first-order valence-electron chi connectivity index (χ1n) is 7.29. The van der Waals surface area contributed by atoms with Crippen LogP contribution in [0.5, 0.6) is 0 Å². The third kappa shape index (κ3) is 2.37.